The van der Waals surface area contributed by atoms with Crippen LogP contribution in [0.2, 0.25) is 0 Å². The fourth-order valence-electron chi connectivity index (χ4n) is 3.08. The van der Waals surface area contributed by atoms with Gasteiger partial charge in [0.1, 0.15) is 0 Å². The van der Waals surface area contributed by atoms with Crippen LogP contribution in [0.1, 0.15) is 35.6 Å². The number of carbonyl (C=O) groups is 2. The number of aliphatic hydroxyl groups excluding tert-OH is 1. The maximum Gasteiger partial charge on any atom is 0.228 e. The number of hydrogen-bond donors (Lipinski definition) is 3. The van der Waals surface area contributed by atoms with Crippen LogP contribution in [0, 0.1) is 0 Å². The van der Waals surface area contributed by atoms with Gasteiger partial charge in [0.05, 0.1) is 19.1 Å². The molecule has 0 bridgehead atoms. The number of anilines is 1. The van der Waals surface area contributed by atoms with Gasteiger partial charge in [0.2, 0.25) is 11.8 Å². The molecule has 0 fully saturated rings. The molecule has 0 saturated carbocycles. The summed E-state index contributed by atoms with van der Waals surface area (Å²) in [6, 6.07) is 15.0. The Bertz CT molecular complexity index is 759. The molecule has 5 nitrogen and oxygen atoms in total. The van der Waals surface area contributed by atoms with Gasteiger partial charge in [-0.1, -0.05) is 42.5 Å². The van der Waals surface area contributed by atoms with Crippen molar-refractivity contribution in [2.45, 2.75) is 31.7 Å². The lowest BCUT2D eigenvalue weighted by molar-refractivity contribution is -0.122. The minimum Gasteiger partial charge on any atom is -0.394 e. The summed E-state index contributed by atoms with van der Waals surface area (Å²) < 4.78 is 0. The Kier molecular flexibility index (Phi) is 5.46. The molecule has 0 unspecified atom stereocenters. The Balaban J connectivity index is 1.48. The molecule has 2 aromatic carbocycles. The SMILES string of the molecule is O=C1Cc2cc(CCCC(=O)N[C@H](CO)c3ccccc3)ccc2N1. The average Bonchev–Trinajstić information content (AvgIpc) is 2.99. The second-order valence-corrected chi connectivity index (χ2v) is 6.28. The third-order valence-electron chi connectivity index (χ3n) is 4.38. The molecule has 1 aliphatic rings. The molecular weight excluding hydrogens is 316 g/mol. The van der Waals surface area contributed by atoms with Crippen LogP contribution >= 0.6 is 0 Å². The predicted molar refractivity (Wildman–Crippen MR) is 96.1 cm³/mol. The molecule has 2 aromatic rings. The highest BCUT2D eigenvalue weighted by Gasteiger charge is 2.17. The van der Waals surface area contributed by atoms with Crippen molar-refractivity contribution in [3.05, 3.63) is 65.2 Å². The van der Waals surface area contributed by atoms with E-state index in [9.17, 15) is 14.7 Å². The van der Waals surface area contributed by atoms with E-state index in [1.807, 2.05) is 48.5 Å². The number of carbonyl (C=O) groups excluding carboxylic acids is 2. The molecule has 0 spiro atoms. The molecule has 1 heterocycles. The van der Waals surface area contributed by atoms with Crippen LogP contribution in [-0.4, -0.2) is 23.5 Å². The topological polar surface area (TPSA) is 78.4 Å². The molecular formula is C20H22N2O3. The van der Waals surface area contributed by atoms with Gasteiger partial charge in [0, 0.05) is 12.1 Å². The van der Waals surface area contributed by atoms with E-state index in [2.05, 4.69) is 10.6 Å². The van der Waals surface area contributed by atoms with Crippen LogP contribution in [0.4, 0.5) is 5.69 Å². The molecule has 130 valence electrons. The smallest absolute Gasteiger partial charge is 0.228 e. The summed E-state index contributed by atoms with van der Waals surface area (Å²) in [7, 11) is 0. The van der Waals surface area contributed by atoms with E-state index in [0.717, 1.165) is 35.2 Å². The molecule has 1 atom stereocenters. The lowest BCUT2D eigenvalue weighted by atomic mass is 10.0. The molecule has 2 amide bonds. The molecule has 0 aliphatic carbocycles. The Morgan fingerprint density at radius 3 is 2.76 bits per heavy atom. The minimum absolute atomic E-state index is 0.0301. The van der Waals surface area contributed by atoms with Crippen molar-refractivity contribution in [2.75, 3.05) is 11.9 Å². The van der Waals surface area contributed by atoms with E-state index in [1.165, 1.54) is 0 Å². The molecule has 5 heteroatoms. The van der Waals surface area contributed by atoms with Gasteiger partial charge in [-0.3, -0.25) is 9.59 Å². The van der Waals surface area contributed by atoms with E-state index in [1.54, 1.807) is 0 Å². The quantitative estimate of drug-likeness (QED) is 0.725. The molecule has 3 N–H and O–H groups in total. The summed E-state index contributed by atoms with van der Waals surface area (Å²) in [4.78, 5) is 23.5. The van der Waals surface area contributed by atoms with E-state index in [0.29, 0.717) is 12.8 Å². The summed E-state index contributed by atoms with van der Waals surface area (Å²) in [6.07, 6.45) is 2.33. The van der Waals surface area contributed by atoms with Crippen molar-refractivity contribution >= 4 is 17.5 Å². The highest BCUT2D eigenvalue weighted by Crippen LogP contribution is 2.24. The first kappa shape index (κ1) is 17.2. The highest BCUT2D eigenvalue weighted by atomic mass is 16.3. The van der Waals surface area contributed by atoms with E-state index >= 15 is 0 Å². The second-order valence-electron chi connectivity index (χ2n) is 6.28. The first-order chi connectivity index (χ1) is 12.2. The van der Waals surface area contributed by atoms with Crippen LogP contribution in [-0.2, 0) is 22.4 Å². The largest absolute Gasteiger partial charge is 0.394 e. The van der Waals surface area contributed by atoms with Gasteiger partial charge in [0.25, 0.3) is 0 Å². The Hall–Kier alpha value is -2.66. The van der Waals surface area contributed by atoms with Crippen molar-refractivity contribution in [1.29, 1.82) is 0 Å². The van der Waals surface area contributed by atoms with Crippen LogP contribution < -0.4 is 10.6 Å². The monoisotopic (exact) mass is 338 g/mol. The first-order valence-electron chi connectivity index (χ1n) is 8.52. The van der Waals surface area contributed by atoms with Crippen LogP contribution in [0.5, 0.6) is 0 Å². The lowest BCUT2D eigenvalue weighted by Gasteiger charge is -2.16. The zero-order chi connectivity index (χ0) is 17.6. The number of hydrogen-bond acceptors (Lipinski definition) is 3. The zero-order valence-electron chi connectivity index (χ0n) is 14.0. The zero-order valence-corrected chi connectivity index (χ0v) is 14.0. The Morgan fingerprint density at radius 1 is 1.20 bits per heavy atom. The molecule has 1 aliphatic heterocycles. The first-order valence-corrected chi connectivity index (χ1v) is 8.52. The number of amides is 2. The maximum absolute atomic E-state index is 12.1. The maximum atomic E-state index is 12.1. The molecule has 0 saturated heterocycles. The number of nitrogens with one attached hydrogen (secondary N) is 2. The summed E-state index contributed by atoms with van der Waals surface area (Å²) in [5, 5.41) is 15.2. The van der Waals surface area contributed by atoms with Gasteiger partial charge in [-0.15, -0.1) is 0 Å². The number of rotatable bonds is 7. The van der Waals surface area contributed by atoms with Crippen LogP contribution in [0.25, 0.3) is 0 Å². The number of aliphatic hydroxyl groups is 1. The number of benzene rings is 2. The van der Waals surface area contributed by atoms with Gasteiger partial charge in [0.15, 0.2) is 0 Å². The van der Waals surface area contributed by atoms with E-state index < -0.39 is 0 Å². The summed E-state index contributed by atoms with van der Waals surface area (Å²) in [5.74, 6) is -0.0385. The van der Waals surface area contributed by atoms with Gasteiger partial charge in [-0.05, 0) is 35.6 Å². The van der Waals surface area contributed by atoms with Crippen molar-refractivity contribution < 1.29 is 14.7 Å². The third-order valence-corrected chi connectivity index (χ3v) is 4.38. The number of fused-ring (bicyclic) bond motifs is 1. The summed E-state index contributed by atoms with van der Waals surface area (Å²) in [6.45, 7) is -0.123. The highest BCUT2D eigenvalue weighted by molar-refractivity contribution is 5.99. The fourth-order valence-corrected chi connectivity index (χ4v) is 3.08. The molecule has 0 radical (unpaired) electrons. The second kappa shape index (κ2) is 7.94. The minimum atomic E-state index is -0.370. The summed E-state index contributed by atoms with van der Waals surface area (Å²) in [5.41, 5.74) is 3.94. The summed E-state index contributed by atoms with van der Waals surface area (Å²) >= 11 is 0. The predicted octanol–water partition coefficient (Wildman–Crippen LogP) is 2.35. The van der Waals surface area contributed by atoms with E-state index in [-0.39, 0.29) is 24.5 Å². The van der Waals surface area contributed by atoms with Crippen molar-refractivity contribution in [2.24, 2.45) is 0 Å². The lowest BCUT2D eigenvalue weighted by Crippen LogP contribution is -2.30. The molecule has 25 heavy (non-hydrogen) atoms. The molecule has 0 aromatic heterocycles. The van der Waals surface area contributed by atoms with Crippen LogP contribution in [0.3, 0.4) is 0 Å². The molecule has 3 rings (SSSR count). The Labute approximate surface area is 147 Å². The van der Waals surface area contributed by atoms with Crippen molar-refractivity contribution in [3.63, 3.8) is 0 Å². The van der Waals surface area contributed by atoms with Gasteiger partial charge in [-0.25, -0.2) is 0 Å². The average molecular weight is 338 g/mol. The number of aryl methyl sites for hydroxylation is 1. The van der Waals surface area contributed by atoms with Crippen LogP contribution in [0.15, 0.2) is 48.5 Å². The Morgan fingerprint density at radius 2 is 2.00 bits per heavy atom. The van der Waals surface area contributed by atoms with Gasteiger partial charge in [-0.2, -0.15) is 0 Å². The van der Waals surface area contributed by atoms with E-state index in [4.69, 9.17) is 0 Å². The van der Waals surface area contributed by atoms with Gasteiger partial charge < -0.3 is 15.7 Å². The van der Waals surface area contributed by atoms with Crippen molar-refractivity contribution in [3.8, 4) is 0 Å². The fraction of sp³-hybridized carbons (Fsp3) is 0.300. The van der Waals surface area contributed by atoms with Gasteiger partial charge >= 0.3 is 0 Å². The standard InChI is InChI=1S/C20H22N2O3/c23-13-18(15-6-2-1-3-7-15)22-19(24)8-4-5-14-9-10-17-16(11-14)12-20(25)21-17/h1-3,6-7,9-11,18,23H,4-5,8,12-13H2,(H,21,25)(H,22,24)/t18-/m1/s1. The third kappa shape index (κ3) is 4.45. The normalized spacial score (nSPS) is 13.9. The van der Waals surface area contributed by atoms with Crippen molar-refractivity contribution in [1.82, 2.24) is 5.32 Å².